The SMILES string of the molecule is CC/C=C\C/C=C\C/C=C\C/C=C\C/C=C\C/C=C\C/C=C\C/C=C\CCCCCCCCCCCCCCCCCCC(=O)OC(COC(=O)CCCCCCCCCCCCCCCCCCCCCCCCCCCCCCC/C=C\CCCCCCCCCC)COP(=O)([O-])OCC[N+](C)(C)C. The fourth-order valence-electron chi connectivity index (χ4n) is 13.4. The Morgan fingerprint density at radius 1 is 0.302 bits per heavy atom. The number of phosphoric acid groups is 1. The molecule has 2 atom stereocenters. The molecule has 0 fully saturated rings. The number of rotatable bonds is 85. The molecule has 9 nitrogen and oxygen atoms in total. The van der Waals surface area contributed by atoms with Crippen molar-refractivity contribution in [2.45, 2.75) is 444 Å². The highest BCUT2D eigenvalue weighted by Crippen LogP contribution is 2.38. The third-order valence-electron chi connectivity index (χ3n) is 20.3. The van der Waals surface area contributed by atoms with Crippen LogP contribution in [0.4, 0.5) is 0 Å². The van der Waals surface area contributed by atoms with Gasteiger partial charge in [-0.3, -0.25) is 14.2 Å². The molecular formula is C96H174NO8P. The van der Waals surface area contributed by atoms with Gasteiger partial charge in [0.15, 0.2) is 6.10 Å². The molecule has 0 aromatic heterocycles. The summed E-state index contributed by atoms with van der Waals surface area (Å²) in [6.45, 7) is 4.19. The first-order valence-electron chi connectivity index (χ1n) is 45.6. The number of unbranched alkanes of at least 4 members (excludes halogenated alkanes) is 53. The number of quaternary nitrogens is 1. The number of hydrogen-bond donors (Lipinski definition) is 0. The van der Waals surface area contributed by atoms with Crippen LogP contribution in [0.5, 0.6) is 0 Å². The Morgan fingerprint density at radius 2 is 0.538 bits per heavy atom. The van der Waals surface area contributed by atoms with E-state index in [9.17, 15) is 19.0 Å². The molecule has 0 heterocycles. The molecule has 0 saturated heterocycles. The van der Waals surface area contributed by atoms with E-state index >= 15 is 0 Å². The van der Waals surface area contributed by atoms with E-state index in [4.69, 9.17) is 18.5 Å². The van der Waals surface area contributed by atoms with E-state index in [1.807, 2.05) is 21.1 Å². The predicted octanol–water partition coefficient (Wildman–Crippen LogP) is 30.4. The number of nitrogens with zero attached hydrogens (tertiary/aromatic N) is 1. The Kier molecular flexibility index (Phi) is 83.0. The summed E-state index contributed by atoms with van der Waals surface area (Å²) in [6.07, 6.45) is 123. The molecule has 0 aliphatic rings. The molecular weight excluding hydrogens is 1330 g/mol. The Balaban J connectivity index is 3.88. The molecule has 0 amide bonds. The number of hydrogen-bond acceptors (Lipinski definition) is 8. The number of likely N-dealkylation sites (N-methyl/N-ethyl adjacent to an activating group) is 1. The molecule has 0 spiro atoms. The van der Waals surface area contributed by atoms with E-state index in [1.54, 1.807) is 0 Å². The first-order valence-corrected chi connectivity index (χ1v) is 47.1. The quantitative estimate of drug-likeness (QED) is 0.0195. The molecule has 10 heteroatoms. The molecule has 0 rings (SSSR count). The highest BCUT2D eigenvalue weighted by atomic mass is 31.2. The van der Waals surface area contributed by atoms with Crippen LogP contribution in [0.25, 0.3) is 0 Å². The molecule has 2 unspecified atom stereocenters. The standard InChI is InChI=1S/C96H174NO8P/c1-6-8-10-12-14-16-18-20-22-24-26-28-30-32-34-36-38-40-42-44-46-48-50-52-54-56-58-60-62-64-66-68-70-72-74-76-78-80-82-84-86-88-95(98)102-92-94(93-104-106(100,101)103-91-90-97(3,4)5)105-96(99)89-87-85-83-81-79-77-75-73-71-69-67-65-63-61-59-57-55-53-51-49-47-45-43-41-39-37-35-33-31-29-27-25-23-21-19-17-15-13-11-9-7-2/h9,11,15,17,21,23-24,26-27,29,33,35,39,41,45,47,51,53,94H,6-8,10,12-14,16,18-20,22,25,28,30-32,34,36-38,40,42-44,46,48-50,52,54-93H2,1-5H3/b11-9-,17-15-,23-21-,26-24-,29-27-,35-33-,41-39-,47-45-,53-51-. The fraction of sp³-hybridized carbons (Fsp3) is 0.792. The molecule has 616 valence electrons. The van der Waals surface area contributed by atoms with Crippen molar-refractivity contribution in [3.8, 4) is 0 Å². The van der Waals surface area contributed by atoms with Crippen molar-refractivity contribution >= 4 is 19.8 Å². The zero-order valence-corrected chi connectivity index (χ0v) is 71.5. The summed E-state index contributed by atoms with van der Waals surface area (Å²) in [6, 6.07) is 0. The van der Waals surface area contributed by atoms with Gasteiger partial charge in [0.05, 0.1) is 27.7 Å². The fourth-order valence-corrected chi connectivity index (χ4v) is 14.1. The summed E-state index contributed by atoms with van der Waals surface area (Å²) < 4.78 is 34.5. The van der Waals surface area contributed by atoms with Crippen molar-refractivity contribution in [2.24, 2.45) is 0 Å². The number of ether oxygens (including phenoxy) is 2. The van der Waals surface area contributed by atoms with Gasteiger partial charge in [0.2, 0.25) is 0 Å². The molecule has 0 bridgehead atoms. The van der Waals surface area contributed by atoms with Crippen molar-refractivity contribution in [1.82, 2.24) is 0 Å². The van der Waals surface area contributed by atoms with E-state index in [0.29, 0.717) is 17.4 Å². The second-order valence-corrected chi connectivity index (χ2v) is 33.3. The van der Waals surface area contributed by atoms with Crippen LogP contribution in [0.15, 0.2) is 109 Å². The van der Waals surface area contributed by atoms with Crippen LogP contribution in [0.3, 0.4) is 0 Å². The monoisotopic (exact) mass is 1500 g/mol. The van der Waals surface area contributed by atoms with E-state index in [0.717, 1.165) is 89.9 Å². The Hall–Kier alpha value is -3.33. The largest absolute Gasteiger partial charge is 0.756 e. The highest BCUT2D eigenvalue weighted by molar-refractivity contribution is 7.45. The van der Waals surface area contributed by atoms with Crippen molar-refractivity contribution in [3.63, 3.8) is 0 Å². The highest BCUT2D eigenvalue weighted by Gasteiger charge is 2.22. The van der Waals surface area contributed by atoms with Gasteiger partial charge in [-0.2, -0.15) is 0 Å². The lowest BCUT2D eigenvalue weighted by Crippen LogP contribution is -2.37. The zero-order valence-electron chi connectivity index (χ0n) is 70.6. The molecule has 0 aliphatic heterocycles. The van der Waals surface area contributed by atoms with Crippen molar-refractivity contribution in [3.05, 3.63) is 109 Å². The summed E-state index contributed by atoms with van der Waals surface area (Å²) in [5.74, 6) is -0.815. The minimum absolute atomic E-state index is 0.0312. The maximum Gasteiger partial charge on any atom is 0.306 e. The van der Waals surface area contributed by atoms with Crippen molar-refractivity contribution < 1.29 is 42.1 Å². The summed E-state index contributed by atoms with van der Waals surface area (Å²) in [7, 11) is 1.18. The van der Waals surface area contributed by atoms with Crippen LogP contribution in [-0.4, -0.2) is 70.0 Å². The Labute approximate surface area is 658 Å². The number of phosphoric ester groups is 1. The van der Waals surface area contributed by atoms with E-state index in [-0.39, 0.29) is 32.0 Å². The Bertz CT molecular complexity index is 2170. The molecule has 0 saturated carbocycles. The van der Waals surface area contributed by atoms with Gasteiger partial charge < -0.3 is 27.9 Å². The van der Waals surface area contributed by atoms with Crippen LogP contribution < -0.4 is 4.89 Å². The number of carbonyl (C=O) groups excluding carboxylic acids is 2. The minimum Gasteiger partial charge on any atom is -0.756 e. The minimum atomic E-state index is -4.65. The van der Waals surface area contributed by atoms with Crippen LogP contribution in [-0.2, 0) is 32.7 Å². The second kappa shape index (κ2) is 85.7. The van der Waals surface area contributed by atoms with Gasteiger partial charge in [0.25, 0.3) is 7.82 Å². The van der Waals surface area contributed by atoms with Gasteiger partial charge in [0, 0.05) is 12.8 Å². The molecule has 0 aliphatic carbocycles. The first-order chi connectivity index (χ1) is 52.0. The number of esters is 2. The van der Waals surface area contributed by atoms with Gasteiger partial charge in [-0.25, -0.2) is 0 Å². The second-order valence-electron chi connectivity index (χ2n) is 31.9. The number of allylic oxidation sites excluding steroid dienone is 18. The summed E-state index contributed by atoms with van der Waals surface area (Å²) >= 11 is 0. The first kappa shape index (κ1) is 103. The van der Waals surface area contributed by atoms with Crippen LogP contribution >= 0.6 is 7.82 Å². The van der Waals surface area contributed by atoms with E-state index in [1.165, 1.54) is 315 Å². The van der Waals surface area contributed by atoms with Crippen LogP contribution in [0.1, 0.15) is 438 Å². The maximum atomic E-state index is 12.9. The lowest BCUT2D eigenvalue weighted by atomic mass is 10.0. The molecule has 0 radical (unpaired) electrons. The summed E-state index contributed by atoms with van der Waals surface area (Å²) in [4.78, 5) is 38.3. The molecule has 0 aromatic carbocycles. The van der Waals surface area contributed by atoms with Gasteiger partial charge in [-0.15, -0.1) is 0 Å². The lowest BCUT2D eigenvalue weighted by Gasteiger charge is -2.28. The summed E-state index contributed by atoms with van der Waals surface area (Å²) in [5.41, 5.74) is 0. The maximum absolute atomic E-state index is 12.9. The Morgan fingerprint density at radius 3 is 0.811 bits per heavy atom. The van der Waals surface area contributed by atoms with Crippen molar-refractivity contribution in [1.29, 1.82) is 0 Å². The van der Waals surface area contributed by atoms with E-state index < -0.39 is 26.5 Å². The zero-order chi connectivity index (χ0) is 76.8. The van der Waals surface area contributed by atoms with Gasteiger partial charge in [0.1, 0.15) is 19.8 Å². The van der Waals surface area contributed by atoms with Crippen molar-refractivity contribution in [2.75, 3.05) is 47.5 Å². The van der Waals surface area contributed by atoms with Gasteiger partial charge >= 0.3 is 11.9 Å². The predicted molar refractivity (Wildman–Crippen MR) is 462 cm³/mol. The number of carbonyl (C=O) groups is 2. The third-order valence-corrected chi connectivity index (χ3v) is 21.2. The molecule has 0 N–H and O–H groups in total. The normalized spacial score (nSPS) is 13.5. The smallest absolute Gasteiger partial charge is 0.306 e. The van der Waals surface area contributed by atoms with Gasteiger partial charge in [-0.05, 0) is 103 Å². The van der Waals surface area contributed by atoms with Crippen LogP contribution in [0, 0.1) is 0 Å². The third kappa shape index (κ3) is 89.6. The van der Waals surface area contributed by atoms with Crippen LogP contribution in [0.2, 0.25) is 0 Å². The average molecular weight is 1500 g/mol. The lowest BCUT2D eigenvalue weighted by molar-refractivity contribution is -0.870. The topological polar surface area (TPSA) is 111 Å². The summed E-state index contributed by atoms with van der Waals surface area (Å²) in [5, 5.41) is 0. The van der Waals surface area contributed by atoms with Gasteiger partial charge in [-0.1, -0.05) is 431 Å². The van der Waals surface area contributed by atoms with E-state index in [2.05, 4.69) is 123 Å². The molecule has 106 heavy (non-hydrogen) atoms. The average Bonchev–Trinajstić information content (AvgIpc) is 0.908. The molecule has 0 aromatic rings.